The van der Waals surface area contributed by atoms with E-state index in [1.165, 1.54) is 0 Å². The summed E-state index contributed by atoms with van der Waals surface area (Å²) in [5.74, 6) is 0.499. The van der Waals surface area contributed by atoms with Crippen LogP contribution in [-0.4, -0.2) is 32.7 Å². The maximum atomic E-state index is 5.25. The predicted octanol–water partition coefficient (Wildman–Crippen LogP) is 0.00570. The van der Waals surface area contributed by atoms with Crippen molar-refractivity contribution in [3.05, 3.63) is 0 Å². The fraction of sp³-hybridized carbons (Fsp3) is 1.00. The van der Waals surface area contributed by atoms with E-state index in [9.17, 15) is 0 Å². The molecule has 2 aliphatic heterocycles. The van der Waals surface area contributed by atoms with Crippen molar-refractivity contribution >= 4 is 0 Å². The van der Waals surface area contributed by atoms with Gasteiger partial charge in [0.05, 0.1) is 25.9 Å². The third kappa shape index (κ3) is 0.956. The van der Waals surface area contributed by atoms with E-state index in [-0.39, 0.29) is 0 Å². The molecule has 0 radical (unpaired) electrons. The fourth-order valence-corrected chi connectivity index (χ4v) is 1.25. The third-order valence-corrected chi connectivity index (χ3v) is 1.84. The molecule has 2 saturated heterocycles. The van der Waals surface area contributed by atoms with Gasteiger partial charge in [-0.05, 0) is 0 Å². The molecule has 0 aromatic carbocycles. The van der Waals surface area contributed by atoms with Crippen LogP contribution in [0.15, 0.2) is 0 Å². The van der Waals surface area contributed by atoms with Gasteiger partial charge < -0.3 is 14.2 Å². The summed E-state index contributed by atoms with van der Waals surface area (Å²) in [7, 11) is 0. The van der Waals surface area contributed by atoms with Crippen molar-refractivity contribution in [2.24, 2.45) is 5.92 Å². The van der Waals surface area contributed by atoms with Crippen molar-refractivity contribution in [2.45, 2.75) is 6.10 Å². The highest BCUT2D eigenvalue weighted by atomic mass is 16.7. The minimum Gasteiger partial charge on any atom is -0.378 e. The van der Waals surface area contributed by atoms with E-state index in [1.54, 1.807) is 0 Å². The summed E-state index contributed by atoms with van der Waals surface area (Å²) in [4.78, 5) is 0. The quantitative estimate of drug-likeness (QED) is 0.462. The molecule has 0 spiro atoms. The van der Waals surface area contributed by atoms with Crippen LogP contribution >= 0.6 is 0 Å². The van der Waals surface area contributed by atoms with Crippen LogP contribution in [0.5, 0.6) is 0 Å². The van der Waals surface area contributed by atoms with Gasteiger partial charge in [0.1, 0.15) is 6.79 Å². The SMILES string of the molecule is C1OCC2COCC2O1. The summed E-state index contributed by atoms with van der Waals surface area (Å²) in [6, 6.07) is 0. The van der Waals surface area contributed by atoms with Crippen LogP contribution in [0.1, 0.15) is 0 Å². The van der Waals surface area contributed by atoms with Crippen molar-refractivity contribution in [1.82, 2.24) is 0 Å². The zero-order valence-corrected chi connectivity index (χ0v) is 5.21. The minimum atomic E-state index is 0.318. The van der Waals surface area contributed by atoms with Gasteiger partial charge in [0.25, 0.3) is 0 Å². The molecule has 3 heteroatoms. The zero-order valence-electron chi connectivity index (χ0n) is 5.21. The van der Waals surface area contributed by atoms with Crippen LogP contribution in [0.3, 0.4) is 0 Å². The smallest absolute Gasteiger partial charge is 0.147 e. The highest BCUT2D eigenvalue weighted by Gasteiger charge is 2.31. The lowest BCUT2D eigenvalue weighted by atomic mass is 10.1. The van der Waals surface area contributed by atoms with Crippen molar-refractivity contribution in [3.8, 4) is 0 Å². The van der Waals surface area contributed by atoms with E-state index >= 15 is 0 Å². The monoisotopic (exact) mass is 130 g/mol. The van der Waals surface area contributed by atoms with Crippen molar-refractivity contribution in [3.63, 3.8) is 0 Å². The Bertz CT molecular complexity index is 92.5. The Labute approximate surface area is 53.9 Å². The molecular weight excluding hydrogens is 120 g/mol. The second-order valence-electron chi connectivity index (χ2n) is 2.49. The first-order chi connectivity index (χ1) is 4.47. The summed E-state index contributed by atoms with van der Waals surface area (Å²) < 4.78 is 15.5. The van der Waals surface area contributed by atoms with E-state index in [1.807, 2.05) is 0 Å². The molecular formula is C6H10O3. The molecule has 0 bridgehead atoms. The number of hydrogen-bond donors (Lipinski definition) is 0. The first kappa shape index (κ1) is 5.65. The molecule has 0 aromatic heterocycles. The van der Waals surface area contributed by atoms with Crippen LogP contribution < -0.4 is 0 Å². The fourth-order valence-electron chi connectivity index (χ4n) is 1.25. The lowest BCUT2D eigenvalue weighted by molar-refractivity contribution is -0.154. The van der Waals surface area contributed by atoms with Gasteiger partial charge in [0.2, 0.25) is 0 Å². The Balaban J connectivity index is 1.97. The van der Waals surface area contributed by atoms with Gasteiger partial charge in [-0.1, -0.05) is 0 Å². The molecule has 2 aliphatic rings. The number of fused-ring (bicyclic) bond motifs is 1. The van der Waals surface area contributed by atoms with Crippen LogP contribution in [-0.2, 0) is 14.2 Å². The van der Waals surface area contributed by atoms with E-state index in [0.717, 1.165) is 19.8 Å². The molecule has 2 rings (SSSR count). The molecule has 2 unspecified atom stereocenters. The van der Waals surface area contributed by atoms with Crippen LogP contribution in [0.4, 0.5) is 0 Å². The first-order valence-corrected chi connectivity index (χ1v) is 3.24. The molecule has 9 heavy (non-hydrogen) atoms. The van der Waals surface area contributed by atoms with E-state index in [2.05, 4.69) is 0 Å². The maximum Gasteiger partial charge on any atom is 0.147 e. The van der Waals surface area contributed by atoms with Crippen LogP contribution in [0.2, 0.25) is 0 Å². The van der Waals surface area contributed by atoms with Gasteiger partial charge in [0, 0.05) is 5.92 Å². The summed E-state index contributed by atoms with van der Waals surface area (Å²) in [6.07, 6.45) is 0.318. The van der Waals surface area contributed by atoms with Gasteiger partial charge in [-0.15, -0.1) is 0 Å². The Morgan fingerprint density at radius 3 is 2.78 bits per heavy atom. The zero-order chi connectivity index (χ0) is 6.10. The topological polar surface area (TPSA) is 27.7 Å². The van der Waals surface area contributed by atoms with Crippen molar-refractivity contribution in [1.29, 1.82) is 0 Å². The minimum absolute atomic E-state index is 0.318. The second kappa shape index (κ2) is 2.25. The standard InChI is InChI=1S/C6H10O3/c1-5-2-8-4-9-6(5)3-7-1/h5-6H,1-4H2. The molecule has 2 heterocycles. The lowest BCUT2D eigenvalue weighted by Crippen LogP contribution is -2.32. The average molecular weight is 130 g/mol. The Hall–Kier alpha value is -0.120. The van der Waals surface area contributed by atoms with Gasteiger partial charge in [-0.2, -0.15) is 0 Å². The molecule has 3 nitrogen and oxygen atoms in total. The van der Waals surface area contributed by atoms with Crippen molar-refractivity contribution in [2.75, 3.05) is 26.6 Å². The van der Waals surface area contributed by atoms with Crippen molar-refractivity contribution < 1.29 is 14.2 Å². The van der Waals surface area contributed by atoms with Gasteiger partial charge in [-0.25, -0.2) is 0 Å². The maximum absolute atomic E-state index is 5.25. The molecule has 0 amide bonds. The number of rotatable bonds is 0. The van der Waals surface area contributed by atoms with Gasteiger partial charge >= 0.3 is 0 Å². The second-order valence-corrected chi connectivity index (χ2v) is 2.49. The highest BCUT2D eigenvalue weighted by Crippen LogP contribution is 2.20. The number of ether oxygens (including phenoxy) is 3. The molecule has 0 N–H and O–H groups in total. The Morgan fingerprint density at radius 2 is 1.89 bits per heavy atom. The first-order valence-electron chi connectivity index (χ1n) is 3.24. The summed E-state index contributed by atoms with van der Waals surface area (Å²) >= 11 is 0. The largest absolute Gasteiger partial charge is 0.378 e. The van der Waals surface area contributed by atoms with Crippen LogP contribution in [0, 0.1) is 5.92 Å². The van der Waals surface area contributed by atoms with E-state index < -0.39 is 0 Å². The summed E-state index contributed by atoms with van der Waals surface area (Å²) in [6.45, 7) is 2.83. The molecule has 0 aromatic rings. The highest BCUT2D eigenvalue weighted by molar-refractivity contribution is 4.76. The molecule has 2 atom stereocenters. The van der Waals surface area contributed by atoms with Gasteiger partial charge in [-0.3, -0.25) is 0 Å². The molecule has 0 aliphatic carbocycles. The molecule has 0 saturated carbocycles. The van der Waals surface area contributed by atoms with E-state index in [4.69, 9.17) is 14.2 Å². The number of hydrogen-bond acceptors (Lipinski definition) is 3. The third-order valence-electron chi connectivity index (χ3n) is 1.84. The summed E-state index contributed by atoms with van der Waals surface area (Å²) in [5.41, 5.74) is 0. The Kier molecular flexibility index (Phi) is 1.41. The molecule has 52 valence electrons. The van der Waals surface area contributed by atoms with Crippen LogP contribution in [0.25, 0.3) is 0 Å². The molecule has 2 fully saturated rings. The van der Waals surface area contributed by atoms with Gasteiger partial charge in [0.15, 0.2) is 0 Å². The van der Waals surface area contributed by atoms with E-state index in [0.29, 0.717) is 18.8 Å². The lowest BCUT2D eigenvalue weighted by Gasteiger charge is -2.23. The summed E-state index contributed by atoms with van der Waals surface area (Å²) in [5, 5.41) is 0. The normalized spacial score (nSPS) is 42.7. The average Bonchev–Trinajstić information content (AvgIpc) is 2.33. The Morgan fingerprint density at radius 1 is 1.00 bits per heavy atom. The predicted molar refractivity (Wildman–Crippen MR) is 30.0 cm³/mol.